The Labute approximate surface area is 130 Å². The van der Waals surface area contributed by atoms with E-state index in [1.807, 2.05) is 6.07 Å². The zero-order chi connectivity index (χ0) is 13.7. The van der Waals surface area contributed by atoms with Crippen LogP contribution in [0, 0.1) is 11.7 Å². The van der Waals surface area contributed by atoms with Gasteiger partial charge in [0.1, 0.15) is 5.82 Å². The van der Waals surface area contributed by atoms with Crippen LogP contribution in [0.2, 0.25) is 0 Å². The Morgan fingerprint density at radius 3 is 2.26 bits per heavy atom. The van der Waals surface area contributed by atoms with Crippen molar-refractivity contribution in [1.82, 2.24) is 0 Å². The molecule has 0 amide bonds. The Balaban J connectivity index is 2.02. The first-order valence-corrected chi connectivity index (χ1v) is 8.13. The molecule has 0 spiro atoms. The Kier molecular flexibility index (Phi) is 5.59. The molecule has 0 fully saturated rings. The first-order valence-electron chi connectivity index (χ1n) is 6.22. The van der Waals surface area contributed by atoms with Crippen LogP contribution < -0.4 is 0 Å². The summed E-state index contributed by atoms with van der Waals surface area (Å²) in [6.45, 7) is 0. The molecule has 0 saturated heterocycles. The molecule has 0 aliphatic rings. The van der Waals surface area contributed by atoms with E-state index in [0.29, 0.717) is 5.92 Å². The van der Waals surface area contributed by atoms with Gasteiger partial charge in [-0.25, -0.2) is 4.39 Å². The highest BCUT2D eigenvalue weighted by Crippen LogP contribution is 2.19. The van der Waals surface area contributed by atoms with Crippen LogP contribution in [0.4, 0.5) is 4.39 Å². The van der Waals surface area contributed by atoms with E-state index in [1.165, 1.54) is 11.6 Å². The van der Waals surface area contributed by atoms with Gasteiger partial charge in [0.25, 0.3) is 0 Å². The highest BCUT2D eigenvalue weighted by Gasteiger charge is 2.10. The van der Waals surface area contributed by atoms with E-state index in [0.717, 1.165) is 28.2 Å². The minimum atomic E-state index is -0.158. The summed E-state index contributed by atoms with van der Waals surface area (Å²) in [6, 6.07) is 15.2. The number of rotatable bonds is 5. The molecule has 0 N–H and O–H groups in total. The fourth-order valence-electron chi connectivity index (χ4n) is 2.13. The predicted molar refractivity (Wildman–Crippen MR) is 85.2 cm³/mol. The van der Waals surface area contributed by atoms with Crippen molar-refractivity contribution in [1.29, 1.82) is 0 Å². The quantitative estimate of drug-likeness (QED) is 0.605. The van der Waals surface area contributed by atoms with Crippen LogP contribution in [0.5, 0.6) is 0 Å². The molecule has 2 aromatic rings. The average molecular weight is 386 g/mol. The molecule has 1 atom stereocenters. The molecular formula is C16H15Br2F. The fraction of sp³-hybridized carbons (Fsp3) is 0.250. The largest absolute Gasteiger partial charge is 0.207 e. The maximum absolute atomic E-state index is 13.2. The molecule has 0 aliphatic carbocycles. The van der Waals surface area contributed by atoms with Gasteiger partial charge < -0.3 is 0 Å². The number of benzene rings is 2. The van der Waals surface area contributed by atoms with E-state index in [-0.39, 0.29) is 5.82 Å². The minimum Gasteiger partial charge on any atom is -0.207 e. The van der Waals surface area contributed by atoms with E-state index in [4.69, 9.17) is 0 Å². The van der Waals surface area contributed by atoms with Gasteiger partial charge in [-0.15, -0.1) is 0 Å². The van der Waals surface area contributed by atoms with Crippen molar-refractivity contribution in [2.75, 3.05) is 5.33 Å². The fourth-order valence-corrected chi connectivity index (χ4v) is 2.85. The third-order valence-electron chi connectivity index (χ3n) is 3.07. The van der Waals surface area contributed by atoms with Crippen molar-refractivity contribution in [2.45, 2.75) is 12.8 Å². The zero-order valence-electron chi connectivity index (χ0n) is 10.5. The van der Waals surface area contributed by atoms with Gasteiger partial charge >= 0.3 is 0 Å². The van der Waals surface area contributed by atoms with Crippen LogP contribution in [0.1, 0.15) is 11.1 Å². The number of hydrogen-bond donors (Lipinski definition) is 0. The van der Waals surface area contributed by atoms with Crippen molar-refractivity contribution in [3.63, 3.8) is 0 Å². The van der Waals surface area contributed by atoms with Crippen LogP contribution in [-0.4, -0.2) is 5.33 Å². The average Bonchev–Trinajstić information content (AvgIpc) is 2.40. The van der Waals surface area contributed by atoms with E-state index < -0.39 is 0 Å². The number of alkyl halides is 1. The molecule has 0 nitrogen and oxygen atoms in total. The Morgan fingerprint density at radius 2 is 1.63 bits per heavy atom. The van der Waals surface area contributed by atoms with Crippen molar-refractivity contribution >= 4 is 31.9 Å². The molecule has 0 aromatic heterocycles. The standard InChI is InChI=1S/C16H15Br2F/c17-11-14(8-12-4-6-15(18)7-5-12)9-13-2-1-3-16(19)10-13/h1-7,10,14H,8-9,11H2. The molecule has 0 aliphatic heterocycles. The lowest BCUT2D eigenvalue weighted by Crippen LogP contribution is -2.10. The van der Waals surface area contributed by atoms with Gasteiger partial charge in [-0.3, -0.25) is 0 Å². The highest BCUT2D eigenvalue weighted by atomic mass is 79.9. The van der Waals surface area contributed by atoms with E-state index in [1.54, 1.807) is 12.1 Å². The molecular weight excluding hydrogens is 371 g/mol. The second-order valence-electron chi connectivity index (χ2n) is 4.68. The number of hydrogen-bond acceptors (Lipinski definition) is 0. The summed E-state index contributed by atoms with van der Waals surface area (Å²) in [4.78, 5) is 0. The summed E-state index contributed by atoms with van der Waals surface area (Å²) < 4.78 is 14.3. The van der Waals surface area contributed by atoms with E-state index >= 15 is 0 Å². The normalized spacial score (nSPS) is 12.4. The zero-order valence-corrected chi connectivity index (χ0v) is 13.6. The summed E-state index contributed by atoms with van der Waals surface area (Å²) in [7, 11) is 0. The second-order valence-corrected chi connectivity index (χ2v) is 6.25. The lowest BCUT2D eigenvalue weighted by molar-refractivity contribution is 0.582. The second kappa shape index (κ2) is 7.20. The predicted octanol–water partition coefficient (Wildman–Crippen LogP) is 5.38. The third-order valence-corrected chi connectivity index (χ3v) is 4.51. The summed E-state index contributed by atoms with van der Waals surface area (Å²) in [5.41, 5.74) is 2.37. The van der Waals surface area contributed by atoms with Crippen molar-refractivity contribution in [2.24, 2.45) is 5.92 Å². The number of halogens is 3. The van der Waals surface area contributed by atoms with Gasteiger partial charge in [-0.1, -0.05) is 56.1 Å². The lowest BCUT2D eigenvalue weighted by atomic mass is 9.94. The monoisotopic (exact) mass is 384 g/mol. The molecule has 0 bridgehead atoms. The molecule has 3 heteroatoms. The van der Waals surface area contributed by atoms with Crippen molar-refractivity contribution in [3.05, 3.63) is 69.9 Å². The van der Waals surface area contributed by atoms with Crippen LogP contribution >= 0.6 is 31.9 Å². The van der Waals surface area contributed by atoms with Gasteiger partial charge in [0.05, 0.1) is 0 Å². The topological polar surface area (TPSA) is 0 Å². The molecule has 1 unspecified atom stereocenters. The molecule has 0 saturated carbocycles. The van der Waals surface area contributed by atoms with Crippen LogP contribution in [0.25, 0.3) is 0 Å². The molecule has 100 valence electrons. The minimum absolute atomic E-state index is 0.158. The Hall–Kier alpha value is -0.670. The van der Waals surface area contributed by atoms with E-state index in [2.05, 4.69) is 56.1 Å². The molecule has 2 aromatic carbocycles. The maximum atomic E-state index is 13.2. The SMILES string of the molecule is Fc1cccc(CC(CBr)Cc2ccc(Br)cc2)c1. The molecule has 0 radical (unpaired) electrons. The van der Waals surface area contributed by atoms with Crippen LogP contribution in [-0.2, 0) is 12.8 Å². The molecule has 19 heavy (non-hydrogen) atoms. The maximum Gasteiger partial charge on any atom is 0.123 e. The first-order chi connectivity index (χ1) is 9.17. The Morgan fingerprint density at radius 1 is 0.947 bits per heavy atom. The summed E-state index contributed by atoms with van der Waals surface area (Å²) in [6.07, 6.45) is 1.88. The van der Waals surface area contributed by atoms with Gasteiger partial charge in [0.2, 0.25) is 0 Å². The Bertz CT molecular complexity index is 523. The molecule has 2 rings (SSSR count). The van der Waals surface area contributed by atoms with Crippen molar-refractivity contribution in [3.8, 4) is 0 Å². The molecule has 0 heterocycles. The van der Waals surface area contributed by atoms with Gasteiger partial charge in [-0.2, -0.15) is 0 Å². The third kappa shape index (κ3) is 4.73. The lowest BCUT2D eigenvalue weighted by Gasteiger charge is -2.14. The summed E-state index contributed by atoms with van der Waals surface area (Å²) in [5.74, 6) is 0.317. The highest BCUT2D eigenvalue weighted by molar-refractivity contribution is 9.10. The first kappa shape index (κ1) is 14.7. The summed E-state index contributed by atoms with van der Waals surface area (Å²) >= 11 is 7.00. The van der Waals surface area contributed by atoms with Crippen LogP contribution in [0.3, 0.4) is 0 Å². The van der Waals surface area contributed by atoms with Crippen molar-refractivity contribution < 1.29 is 4.39 Å². The van der Waals surface area contributed by atoms with Gasteiger partial charge in [0.15, 0.2) is 0 Å². The van der Waals surface area contributed by atoms with Gasteiger partial charge in [0, 0.05) is 9.80 Å². The smallest absolute Gasteiger partial charge is 0.123 e. The van der Waals surface area contributed by atoms with Crippen LogP contribution in [0.15, 0.2) is 53.0 Å². The van der Waals surface area contributed by atoms with E-state index in [9.17, 15) is 4.39 Å². The van der Waals surface area contributed by atoms with Gasteiger partial charge in [-0.05, 0) is 54.2 Å². The summed E-state index contributed by atoms with van der Waals surface area (Å²) in [5, 5.41) is 0.916.